The largest absolute Gasteiger partial charge is 0.374 e. The lowest BCUT2D eigenvalue weighted by molar-refractivity contribution is 0.128. The van der Waals surface area contributed by atoms with Crippen LogP contribution in [0.15, 0.2) is 6.07 Å². The molecule has 6 nitrogen and oxygen atoms in total. The Balaban J connectivity index is 2.59. The van der Waals surface area contributed by atoms with Gasteiger partial charge in [-0.1, -0.05) is 0 Å². The second-order valence-electron chi connectivity index (χ2n) is 4.94. The lowest BCUT2D eigenvalue weighted by Crippen LogP contribution is -2.31. The summed E-state index contributed by atoms with van der Waals surface area (Å²) in [5.74, 6) is 2.32. The third-order valence-corrected chi connectivity index (χ3v) is 3.12. The van der Waals surface area contributed by atoms with Gasteiger partial charge in [0.05, 0.1) is 0 Å². The highest BCUT2D eigenvalue weighted by molar-refractivity contribution is 5.47. The summed E-state index contributed by atoms with van der Waals surface area (Å²) in [5.41, 5.74) is 0. The molecular formula is C14H27N5O. The molecule has 0 bridgehead atoms. The molecule has 0 spiro atoms. The summed E-state index contributed by atoms with van der Waals surface area (Å²) in [7, 11) is 3.97. The first kappa shape index (κ1) is 16.7. The van der Waals surface area contributed by atoms with Crippen LogP contribution in [0.2, 0.25) is 0 Å². The number of nitrogens with zero attached hydrogens (tertiary/aromatic N) is 3. The van der Waals surface area contributed by atoms with Crippen LogP contribution in [0.4, 0.5) is 11.6 Å². The minimum absolute atomic E-state index is 0.437. The molecule has 0 fully saturated rings. The fourth-order valence-corrected chi connectivity index (χ4v) is 1.59. The molecule has 0 aromatic carbocycles. The maximum Gasteiger partial charge on any atom is 0.158 e. The maximum atomic E-state index is 5.36. The molecule has 0 aliphatic carbocycles. The molecular weight excluding hydrogens is 254 g/mol. The van der Waals surface area contributed by atoms with Crippen molar-refractivity contribution in [1.82, 2.24) is 14.9 Å². The maximum absolute atomic E-state index is 5.36. The van der Waals surface area contributed by atoms with Gasteiger partial charge in [0.15, 0.2) is 5.82 Å². The number of likely N-dealkylation sites (N-methyl/N-ethyl adjacent to an activating group) is 1. The Morgan fingerprint density at radius 2 is 2.00 bits per heavy atom. The van der Waals surface area contributed by atoms with Crippen molar-refractivity contribution in [2.24, 2.45) is 0 Å². The molecule has 0 saturated heterocycles. The van der Waals surface area contributed by atoms with Crippen molar-refractivity contribution < 1.29 is 4.74 Å². The van der Waals surface area contributed by atoms with E-state index in [9.17, 15) is 0 Å². The first-order valence-electron chi connectivity index (χ1n) is 7.14. The second-order valence-corrected chi connectivity index (χ2v) is 4.94. The van der Waals surface area contributed by atoms with Crippen molar-refractivity contribution in [3.63, 3.8) is 0 Å². The van der Waals surface area contributed by atoms with E-state index in [1.807, 2.05) is 20.0 Å². The van der Waals surface area contributed by atoms with Crippen LogP contribution in [0, 0.1) is 0 Å². The number of nitrogens with one attached hydrogen (secondary N) is 2. The zero-order valence-corrected chi connectivity index (χ0v) is 13.2. The molecule has 1 aromatic heterocycles. The molecule has 1 aromatic rings. The Labute approximate surface area is 121 Å². The van der Waals surface area contributed by atoms with Gasteiger partial charge in [0, 0.05) is 38.9 Å². The highest BCUT2D eigenvalue weighted by Crippen LogP contribution is 2.11. The summed E-state index contributed by atoms with van der Waals surface area (Å²) in [5, 5.41) is 6.38. The molecule has 1 rings (SSSR count). The summed E-state index contributed by atoms with van der Waals surface area (Å²) >= 11 is 0. The second kappa shape index (κ2) is 8.71. The lowest BCUT2D eigenvalue weighted by atomic mass is 10.3. The van der Waals surface area contributed by atoms with E-state index in [0.29, 0.717) is 25.1 Å². The van der Waals surface area contributed by atoms with Crippen molar-refractivity contribution in [3.8, 4) is 0 Å². The topological polar surface area (TPSA) is 62.3 Å². The van der Waals surface area contributed by atoms with Crippen LogP contribution >= 0.6 is 0 Å². The zero-order valence-electron chi connectivity index (χ0n) is 13.2. The van der Waals surface area contributed by atoms with Crippen molar-refractivity contribution in [2.45, 2.75) is 33.4 Å². The van der Waals surface area contributed by atoms with E-state index in [4.69, 9.17) is 4.74 Å². The van der Waals surface area contributed by atoms with Gasteiger partial charge in [-0.25, -0.2) is 9.97 Å². The predicted molar refractivity (Wildman–Crippen MR) is 83.2 cm³/mol. The minimum Gasteiger partial charge on any atom is -0.374 e. The van der Waals surface area contributed by atoms with E-state index in [1.165, 1.54) is 0 Å². The highest BCUT2D eigenvalue weighted by atomic mass is 16.5. The molecule has 2 N–H and O–H groups in total. The Morgan fingerprint density at radius 3 is 2.60 bits per heavy atom. The van der Waals surface area contributed by atoms with Gasteiger partial charge in [-0.3, -0.25) is 0 Å². The predicted octanol–water partition coefficient (Wildman–Crippen LogP) is 1.81. The van der Waals surface area contributed by atoms with E-state index >= 15 is 0 Å². The number of hydrogen-bond acceptors (Lipinski definition) is 6. The van der Waals surface area contributed by atoms with Gasteiger partial charge < -0.3 is 20.3 Å². The van der Waals surface area contributed by atoms with Crippen molar-refractivity contribution >= 4 is 11.6 Å². The van der Waals surface area contributed by atoms with Crippen molar-refractivity contribution in [2.75, 3.05) is 44.4 Å². The minimum atomic E-state index is 0.437. The van der Waals surface area contributed by atoms with Crippen LogP contribution in [-0.4, -0.2) is 54.7 Å². The molecule has 6 heteroatoms. The van der Waals surface area contributed by atoms with Gasteiger partial charge in [-0.2, -0.15) is 0 Å². The molecule has 0 amide bonds. The number of rotatable bonds is 9. The van der Waals surface area contributed by atoms with Crippen molar-refractivity contribution in [1.29, 1.82) is 0 Å². The van der Waals surface area contributed by atoms with Crippen molar-refractivity contribution in [3.05, 3.63) is 11.9 Å². The van der Waals surface area contributed by atoms with Crippen LogP contribution in [-0.2, 0) is 11.3 Å². The monoisotopic (exact) mass is 281 g/mol. The van der Waals surface area contributed by atoms with Gasteiger partial charge in [0.1, 0.15) is 18.2 Å². The van der Waals surface area contributed by atoms with E-state index in [1.54, 1.807) is 0 Å². The summed E-state index contributed by atoms with van der Waals surface area (Å²) < 4.78 is 5.36. The van der Waals surface area contributed by atoms with E-state index in [-0.39, 0.29) is 0 Å². The van der Waals surface area contributed by atoms with E-state index in [0.717, 1.165) is 24.7 Å². The molecule has 0 aliphatic rings. The zero-order chi connectivity index (χ0) is 15.0. The highest BCUT2D eigenvalue weighted by Gasteiger charge is 2.05. The third-order valence-electron chi connectivity index (χ3n) is 3.12. The van der Waals surface area contributed by atoms with Gasteiger partial charge in [0.2, 0.25) is 0 Å². The number of hydrogen-bond donors (Lipinski definition) is 2. The van der Waals surface area contributed by atoms with Gasteiger partial charge >= 0.3 is 0 Å². The van der Waals surface area contributed by atoms with Crippen LogP contribution < -0.4 is 10.6 Å². The number of anilines is 2. The Hall–Kier alpha value is -1.40. The molecule has 114 valence electrons. The Kier molecular flexibility index (Phi) is 7.25. The SMILES string of the molecule is CCOCc1nc(NC)cc(NCCN(C)C(C)C)n1. The summed E-state index contributed by atoms with van der Waals surface area (Å²) in [6.45, 7) is 9.25. The fraction of sp³-hybridized carbons (Fsp3) is 0.714. The normalized spacial score (nSPS) is 11.2. The van der Waals surface area contributed by atoms with Crippen LogP contribution in [0.1, 0.15) is 26.6 Å². The lowest BCUT2D eigenvalue weighted by Gasteiger charge is -2.21. The van der Waals surface area contributed by atoms with E-state index in [2.05, 4.69) is 46.4 Å². The molecule has 0 unspecified atom stereocenters. The third kappa shape index (κ3) is 5.71. The Morgan fingerprint density at radius 1 is 1.30 bits per heavy atom. The molecule has 0 aliphatic heterocycles. The summed E-state index contributed by atoms with van der Waals surface area (Å²) in [4.78, 5) is 11.1. The van der Waals surface area contributed by atoms with E-state index < -0.39 is 0 Å². The quantitative estimate of drug-likeness (QED) is 0.720. The average molecular weight is 281 g/mol. The molecule has 0 radical (unpaired) electrons. The summed E-state index contributed by atoms with van der Waals surface area (Å²) in [6, 6.07) is 2.45. The molecule has 0 atom stereocenters. The average Bonchev–Trinajstić information content (AvgIpc) is 2.44. The Bertz CT molecular complexity index is 397. The van der Waals surface area contributed by atoms with Gasteiger partial charge in [-0.15, -0.1) is 0 Å². The van der Waals surface area contributed by atoms with Gasteiger partial charge in [-0.05, 0) is 27.8 Å². The van der Waals surface area contributed by atoms with Crippen LogP contribution in [0.3, 0.4) is 0 Å². The smallest absolute Gasteiger partial charge is 0.158 e. The van der Waals surface area contributed by atoms with Crippen LogP contribution in [0.5, 0.6) is 0 Å². The first-order chi connectivity index (χ1) is 9.56. The molecule has 1 heterocycles. The standard InChI is InChI=1S/C14H27N5O/c1-6-20-10-14-17-12(15-4)9-13(18-14)16-7-8-19(5)11(2)3/h9,11H,6-8,10H2,1-5H3,(H2,15,16,17,18). The first-order valence-corrected chi connectivity index (χ1v) is 7.14. The van der Waals surface area contributed by atoms with Gasteiger partial charge in [0.25, 0.3) is 0 Å². The number of ether oxygens (including phenoxy) is 1. The summed E-state index contributed by atoms with van der Waals surface area (Å²) in [6.07, 6.45) is 0. The molecule has 0 saturated carbocycles. The van der Waals surface area contributed by atoms with Crippen LogP contribution in [0.25, 0.3) is 0 Å². The molecule has 20 heavy (non-hydrogen) atoms. The fourth-order valence-electron chi connectivity index (χ4n) is 1.59. The number of aromatic nitrogens is 2.